The molecule has 1 rings (SSSR count). The van der Waals surface area contributed by atoms with Gasteiger partial charge in [0.25, 0.3) is 5.91 Å². The van der Waals surface area contributed by atoms with Gasteiger partial charge in [-0.3, -0.25) is 4.79 Å². The van der Waals surface area contributed by atoms with Gasteiger partial charge in [-0.15, -0.1) is 6.58 Å². The van der Waals surface area contributed by atoms with Crippen molar-refractivity contribution >= 4 is 17.5 Å². The molecular formula is C13H16ClNO2. The standard InChI is InChI=1S/C13H16ClNO2/c1-3-4-9-15-13(16)10(2)17-12-8-6-5-7-11(12)14/h3,5-8,10H,1,4,9H2,2H3,(H,15,16). The molecule has 4 heteroatoms. The summed E-state index contributed by atoms with van der Waals surface area (Å²) in [6, 6.07) is 7.07. The molecule has 1 N–H and O–H groups in total. The molecular weight excluding hydrogens is 238 g/mol. The summed E-state index contributed by atoms with van der Waals surface area (Å²) >= 11 is 5.93. The summed E-state index contributed by atoms with van der Waals surface area (Å²) in [6.07, 6.45) is 1.92. The highest BCUT2D eigenvalue weighted by molar-refractivity contribution is 6.32. The normalized spacial score (nSPS) is 11.6. The minimum Gasteiger partial charge on any atom is -0.479 e. The van der Waals surface area contributed by atoms with Crippen molar-refractivity contribution in [2.45, 2.75) is 19.4 Å². The van der Waals surface area contributed by atoms with Crippen molar-refractivity contribution < 1.29 is 9.53 Å². The van der Waals surface area contributed by atoms with E-state index in [4.69, 9.17) is 16.3 Å². The lowest BCUT2D eigenvalue weighted by Crippen LogP contribution is -2.36. The van der Waals surface area contributed by atoms with E-state index in [1.807, 2.05) is 12.1 Å². The molecule has 0 heterocycles. The lowest BCUT2D eigenvalue weighted by molar-refractivity contribution is -0.127. The van der Waals surface area contributed by atoms with Gasteiger partial charge in [0.05, 0.1) is 5.02 Å². The fourth-order valence-electron chi connectivity index (χ4n) is 1.23. The third-order valence-electron chi connectivity index (χ3n) is 2.16. The van der Waals surface area contributed by atoms with Crippen LogP contribution in [0.4, 0.5) is 0 Å². The third kappa shape index (κ3) is 4.49. The van der Waals surface area contributed by atoms with Crippen LogP contribution in [0.15, 0.2) is 36.9 Å². The second-order valence-corrected chi connectivity index (χ2v) is 3.97. The predicted octanol–water partition coefficient (Wildman–Crippen LogP) is 2.80. The molecule has 0 fully saturated rings. The van der Waals surface area contributed by atoms with Crippen molar-refractivity contribution in [3.05, 3.63) is 41.9 Å². The van der Waals surface area contributed by atoms with Crippen molar-refractivity contribution in [3.8, 4) is 5.75 Å². The second kappa shape index (κ2) is 6.97. The summed E-state index contributed by atoms with van der Waals surface area (Å²) < 4.78 is 5.47. The van der Waals surface area contributed by atoms with Crippen LogP contribution in [-0.2, 0) is 4.79 Å². The van der Waals surface area contributed by atoms with E-state index in [2.05, 4.69) is 11.9 Å². The van der Waals surface area contributed by atoms with Crippen LogP contribution in [0.3, 0.4) is 0 Å². The number of rotatable bonds is 6. The highest BCUT2D eigenvalue weighted by Crippen LogP contribution is 2.24. The average Bonchev–Trinajstić information content (AvgIpc) is 2.32. The molecule has 92 valence electrons. The van der Waals surface area contributed by atoms with E-state index in [0.717, 1.165) is 6.42 Å². The Labute approximate surface area is 106 Å². The van der Waals surface area contributed by atoms with Crippen LogP contribution in [-0.4, -0.2) is 18.6 Å². The van der Waals surface area contributed by atoms with Gasteiger partial charge in [0.2, 0.25) is 0 Å². The molecule has 0 radical (unpaired) electrons. The smallest absolute Gasteiger partial charge is 0.260 e. The summed E-state index contributed by atoms with van der Waals surface area (Å²) in [5, 5.41) is 3.24. The maximum absolute atomic E-state index is 11.6. The molecule has 0 saturated carbocycles. The first-order valence-electron chi connectivity index (χ1n) is 5.45. The third-order valence-corrected chi connectivity index (χ3v) is 2.47. The zero-order valence-electron chi connectivity index (χ0n) is 9.78. The Balaban J connectivity index is 2.48. The van der Waals surface area contributed by atoms with Crippen LogP contribution in [0.5, 0.6) is 5.75 Å². The molecule has 0 aliphatic heterocycles. The van der Waals surface area contributed by atoms with Gasteiger partial charge in [0.1, 0.15) is 5.75 Å². The predicted molar refractivity (Wildman–Crippen MR) is 69.4 cm³/mol. The van der Waals surface area contributed by atoms with Gasteiger partial charge in [0, 0.05) is 6.54 Å². The number of benzene rings is 1. The van der Waals surface area contributed by atoms with Crippen LogP contribution >= 0.6 is 11.6 Å². The molecule has 3 nitrogen and oxygen atoms in total. The molecule has 1 aromatic rings. The summed E-state index contributed by atoms with van der Waals surface area (Å²) in [7, 11) is 0. The van der Waals surface area contributed by atoms with Crippen LogP contribution in [0.2, 0.25) is 5.02 Å². The Morgan fingerprint density at radius 1 is 1.59 bits per heavy atom. The summed E-state index contributed by atoms with van der Waals surface area (Å²) in [5.74, 6) is 0.354. The Hall–Kier alpha value is -1.48. The molecule has 1 atom stereocenters. The number of halogens is 1. The Morgan fingerprint density at radius 3 is 2.94 bits per heavy atom. The minimum absolute atomic E-state index is 0.160. The Bertz CT molecular complexity index is 393. The average molecular weight is 254 g/mol. The molecule has 0 aliphatic rings. The first-order chi connectivity index (χ1) is 8.15. The van der Waals surface area contributed by atoms with E-state index in [1.165, 1.54) is 0 Å². The highest BCUT2D eigenvalue weighted by atomic mass is 35.5. The maximum Gasteiger partial charge on any atom is 0.260 e. The van der Waals surface area contributed by atoms with Gasteiger partial charge < -0.3 is 10.1 Å². The molecule has 0 aromatic heterocycles. The van der Waals surface area contributed by atoms with E-state index in [-0.39, 0.29) is 5.91 Å². The van der Waals surface area contributed by atoms with Crippen LogP contribution in [0.25, 0.3) is 0 Å². The van der Waals surface area contributed by atoms with Crippen LogP contribution < -0.4 is 10.1 Å². The van der Waals surface area contributed by atoms with Crippen molar-refractivity contribution in [1.82, 2.24) is 5.32 Å². The Morgan fingerprint density at radius 2 is 2.29 bits per heavy atom. The zero-order valence-corrected chi connectivity index (χ0v) is 10.5. The summed E-state index contributed by atoms with van der Waals surface area (Å²) in [6.45, 7) is 5.84. The first-order valence-corrected chi connectivity index (χ1v) is 5.82. The molecule has 0 bridgehead atoms. The van der Waals surface area contributed by atoms with E-state index >= 15 is 0 Å². The van der Waals surface area contributed by atoms with E-state index in [0.29, 0.717) is 17.3 Å². The number of carbonyl (C=O) groups is 1. The molecule has 17 heavy (non-hydrogen) atoms. The lowest BCUT2D eigenvalue weighted by atomic mass is 10.3. The zero-order chi connectivity index (χ0) is 12.7. The quantitative estimate of drug-likeness (QED) is 0.625. The fraction of sp³-hybridized carbons (Fsp3) is 0.308. The van der Waals surface area contributed by atoms with E-state index in [9.17, 15) is 4.79 Å². The monoisotopic (exact) mass is 253 g/mol. The van der Waals surface area contributed by atoms with E-state index in [1.54, 1.807) is 25.1 Å². The van der Waals surface area contributed by atoms with Gasteiger partial charge >= 0.3 is 0 Å². The number of amides is 1. The van der Waals surface area contributed by atoms with Gasteiger partial charge in [-0.25, -0.2) is 0 Å². The number of hydrogen-bond donors (Lipinski definition) is 1. The first kappa shape index (κ1) is 13.6. The summed E-state index contributed by atoms with van der Waals surface area (Å²) in [5.41, 5.74) is 0. The number of carbonyl (C=O) groups excluding carboxylic acids is 1. The van der Waals surface area contributed by atoms with Crippen molar-refractivity contribution in [1.29, 1.82) is 0 Å². The topological polar surface area (TPSA) is 38.3 Å². The molecule has 1 amide bonds. The maximum atomic E-state index is 11.6. The number of para-hydroxylation sites is 1. The fourth-order valence-corrected chi connectivity index (χ4v) is 1.41. The molecule has 0 spiro atoms. The Kier molecular flexibility index (Phi) is 5.57. The highest BCUT2D eigenvalue weighted by Gasteiger charge is 2.14. The number of ether oxygens (including phenoxy) is 1. The van der Waals surface area contributed by atoms with Crippen molar-refractivity contribution in [2.24, 2.45) is 0 Å². The number of hydrogen-bond acceptors (Lipinski definition) is 2. The number of nitrogens with one attached hydrogen (secondary N) is 1. The molecule has 0 saturated heterocycles. The van der Waals surface area contributed by atoms with Crippen LogP contribution in [0, 0.1) is 0 Å². The molecule has 1 unspecified atom stereocenters. The second-order valence-electron chi connectivity index (χ2n) is 3.56. The van der Waals surface area contributed by atoms with Gasteiger partial charge in [-0.1, -0.05) is 29.8 Å². The lowest BCUT2D eigenvalue weighted by Gasteiger charge is -2.15. The van der Waals surface area contributed by atoms with Gasteiger partial charge in [-0.2, -0.15) is 0 Å². The van der Waals surface area contributed by atoms with E-state index < -0.39 is 6.10 Å². The van der Waals surface area contributed by atoms with Crippen LogP contribution in [0.1, 0.15) is 13.3 Å². The summed E-state index contributed by atoms with van der Waals surface area (Å²) in [4.78, 5) is 11.6. The van der Waals surface area contributed by atoms with Crippen molar-refractivity contribution in [3.63, 3.8) is 0 Å². The SMILES string of the molecule is C=CCCNC(=O)C(C)Oc1ccccc1Cl. The van der Waals surface area contributed by atoms with Gasteiger partial charge in [-0.05, 0) is 25.5 Å². The molecule has 0 aliphatic carbocycles. The van der Waals surface area contributed by atoms with Crippen molar-refractivity contribution in [2.75, 3.05) is 6.54 Å². The molecule has 1 aromatic carbocycles. The van der Waals surface area contributed by atoms with Gasteiger partial charge in [0.15, 0.2) is 6.10 Å². The minimum atomic E-state index is -0.570. The largest absolute Gasteiger partial charge is 0.479 e.